The lowest BCUT2D eigenvalue weighted by Gasteiger charge is -2.23. The first-order valence-corrected chi connectivity index (χ1v) is 10.7. The Bertz CT molecular complexity index is 656. The van der Waals surface area contributed by atoms with Gasteiger partial charge in [-0.2, -0.15) is 0 Å². The average Bonchev–Trinajstić information content (AvgIpc) is 2.68. The number of hydrogen-bond donors (Lipinski definition) is 7. The summed E-state index contributed by atoms with van der Waals surface area (Å²) >= 11 is 0. The highest BCUT2D eigenvalue weighted by molar-refractivity contribution is 5.94. The van der Waals surface area contributed by atoms with Crippen LogP contribution in [0.4, 0.5) is 0 Å². The molecular formula is C20H37N5O7. The highest BCUT2D eigenvalue weighted by atomic mass is 16.4. The SMILES string of the molecule is CC(C)CC(N)C(=O)NC(CCC(=O)O)C(=O)NC(C)C(=O)NC(CCCCN)C(=O)O. The molecule has 32 heavy (non-hydrogen) atoms. The smallest absolute Gasteiger partial charge is 0.326 e. The molecule has 12 nitrogen and oxygen atoms in total. The number of carbonyl (C=O) groups excluding carboxylic acids is 3. The van der Waals surface area contributed by atoms with Crippen molar-refractivity contribution in [2.45, 2.75) is 83.5 Å². The molecule has 0 radical (unpaired) electrons. The highest BCUT2D eigenvalue weighted by Gasteiger charge is 2.28. The van der Waals surface area contributed by atoms with Crippen LogP contribution in [0.3, 0.4) is 0 Å². The summed E-state index contributed by atoms with van der Waals surface area (Å²) in [6.07, 6.45) is 1.08. The zero-order valence-electron chi connectivity index (χ0n) is 18.9. The van der Waals surface area contributed by atoms with Crippen LogP contribution in [0.15, 0.2) is 0 Å². The second-order valence-electron chi connectivity index (χ2n) is 8.14. The van der Waals surface area contributed by atoms with Crippen molar-refractivity contribution < 1.29 is 34.2 Å². The molecule has 0 aromatic carbocycles. The number of nitrogens with one attached hydrogen (secondary N) is 3. The summed E-state index contributed by atoms with van der Waals surface area (Å²) < 4.78 is 0. The molecule has 12 heteroatoms. The van der Waals surface area contributed by atoms with Crippen LogP contribution in [0.1, 0.15) is 59.3 Å². The maximum atomic E-state index is 12.6. The van der Waals surface area contributed by atoms with E-state index in [1.165, 1.54) is 6.92 Å². The van der Waals surface area contributed by atoms with Crippen molar-refractivity contribution in [1.29, 1.82) is 0 Å². The van der Waals surface area contributed by atoms with Crippen LogP contribution in [-0.4, -0.2) is 70.6 Å². The van der Waals surface area contributed by atoms with Gasteiger partial charge in [0.2, 0.25) is 17.7 Å². The third kappa shape index (κ3) is 12.2. The van der Waals surface area contributed by atoms with Crippen molar-refractivity contribution in [3.8, 4) is 0 Å². The van der Waals surface area contributed by atoms with Gasteiger partial charge in [-0.3, -0.25) is 19.2 Å². The normalized spacial score (nSPS) is 14.7. The molecule has 0 rings (SSSR count). The molecule has 0 bridgehead atoms. The van der Waals surface area contributed by atoms with Crippen molar-refractivity contribution in [3.63, 3.8) is 0 Å². The molecule has 0 saturated carbocycles. The minimum atomic E-state index is -1.22. The Morgan fingerprint density at radius 1 is 0.812 bits per heavy atom. The van der Waals surface area contributed by atoms with Gasteiger partial charge in [-0.05, 0) is 51.5 Å². The zero-order valence-corrected chi connectivity index (χ0v) is 18.9. The van der Waals surface area contributed by atoms with Crippen molar-refractivity contribution in [2.75, 3.05) is 6.54 Å². The summed E-state index contributed by atoms with van der Waals surface area (Å²) in [5.41, 5.74) is 11.2. The number of carbonyl (C=O) groups is 5. The topological polar surface area (TPSA) is 214 Å². The van der Waals surface area contributed by atoms with Gasteiger partial charge in [0.15, 0.2) is 0 Å². The summed E-state index contributed by atoms with van der Waals surface area (Å²) in [5, 5.41) is 25.4. The summed E-state index contributed by atoms with van der Waals surface area (Å²) in [4.78, 5) is 59.5. The largest absolute Gasteiger partial charge is 0.481 e. The number of carboxylic acids is 2. The van der Waals surface area contributed by atoms with Crippen LogP contribution < -0.4 is 27.4 Å². The molecule has 9 N–H and O–H groups in total. The number of amides is 3. The first-order valence-electron chi connectivity index (χ1n) is 10.7. The van der Waals surface area contributed by atoms with Crippen LogP contribution >= 0.6 is 0 Å². The molecule has 0 spiro atoms. The molecule has 4 unspecified atom stereocenters. The Balaban J connectivity index is 5.07. The van der Waals surface area contributed by atoms with Crippen molar-refractivity contribution >= 4 is 29.7 Å². The molecule has 0 aromatic rings. The van der Waals surface area contributed by atoms with E-state index in [1.54, 1.807) is 0 Å². The number of carboxylic acid groups (broad SMARTS) is 2. The fourth-order valence-corrected chi connectivity index (χ4v) is 2.86. The first-order chi connectivity index (χ1) is 14.9. The van der Waals surface area contributed by atoms with Crippen molar-refractivity contribution in [2.24, 2.45) is 17.4 Å². The number of aliphatic carboxylic acids is 2. The second kappa shape index (κ2) is 15.1. The maximum Gasteiger partial charge on any atom is 0.326 e. The van der Waals surface area contributed by atoms with E-state index in [2.05, 4.69) is 16.0 Å². The maximum absolute atomic E-state index is 12.6. The molecular weight excluding hydrogens is 422 g/mol. The van der Waals surface area contributed by atoms with Gasteiger partial charge in [-0.25, -0.2) is 4.79 Å². The van der Waals surface area contributed by atoms with Crippen LogP contribution in [0.25, 0.3) is 0 Å². The van der Waals surface area contributed by atoms with Crippen LogP contribution in [-0.2, 0) is 24.0 Å². The molecule has 0 aliphatic heterocycles. The molecule has 184 valence electrons. The minimum Gasteiger partial charge on any atom is -0.481 e. The van der Waals surface area contributed by atoms with Gasteiger partial charge in [0.25, 0.3) is 0 Å². The Morgan fingerprint density at radius 2 is 1.41 bits per heavy atom. The molecule has 0 fully saturated rings. The van der Waals surface area contributed by atoms with E-state index in [4.69, 9.17) is 16.6 Å². The van der Waals surface area contributed by atoms with Gasteiger partial charge < -0.3 is 37.6 Å². The van der Waals surface area contributed by atoms with Gasteiger partial charge >= 0.3 is 11.9 Å². The van der Waals surface area contributed by atoms with E-state index >= 15 is 0 Å². The Hall–Kier alpha value is -2.73. The molecule has 0 saturated heterocycles. The van der Waals surface area contributed by atoms with Crippen LogP contribution in [0, 0.1) is 5.92 Å². The van der Waals surface area contributed by atoms with Gasteiger partial charge in [-0.1, -0.05) is 13.8 Å². The summed E-state index contributed by atoms with van der Waals surface area (Å²) in [5.74, 6) is -4.33. The molecule has 0 aliphatic carbocycles. The Labute approximate surface area is 187 Å². The van der Waals surface area contributed by atoms with Crippen molar-refractivity contribution in [3.05, 3.63) is 0 Å². The quantitative estimate of drug-likeness (QED) is 0.139. The lowest BCUT2D eigenvalue weighted by Crippen LogP contribution is -2.56. The molecule has 0 heterocycles. The van der Waals surface area contributed by atoms with E-state index < -0.39 is 53.8 Å². The summed E-state index contributed by atoms with van der Waals surface area (Å²) in [6.45, 7) is 5.51. The van der Waals surface area contributed by atoms with Gasteiger partial charge in [0.05, 0.1) is 6.04 Å². The standard InChI is InChI=1S/C20H37N5O7/c1-11(2)10-13(22)18(29)24-14(7-8-16(26)27)19(30)23-12(3)17(28)25-15(20(31)32)6-4-5-9-21/h11-15H,4-10,21-22H2,1-3H3,(H,23,30)(H,24,29)(H,25,28)(H,26,27)(H,31,32). The van der Waals surface area contributed by atoms with Crippen molar-refractivity contribution in [1.82, 2.24) is 16.0 Å². The zero-order chi connectivity index (χ0) is 24.8. The predicted molar refractivity (Wildman–Crippen MR) is 116 cm³/mol. The lowest BCUT2D eigenvalue weighted by atomic mass is 10.0. The van der Waals surface area contributed by atoms with Crippen LogP contribution in [0.2, 0.25) is 0 Å². The molecule has 0 aliphatic rings. The molecule has 4 atom stereocenters. The number of nitrogens with two attached hydrogens (primary N) is 2. The van der Waals surface area contributed by atoms with Crippen LogP contribution in [0.5, 0.6) is 0 Å². The fourth-order valence-electron chi connectivity index (χ4n) is 2.86. The minimum absolute atomic E-state index is 0.137. The Kier molecular flexibility index (Phi) is 13.8. The average molecular weight is 460 g/mol. The van der Waals surface area contributed by atoms with Gasteiger partial charge in [0.1, 0.15) is 18.1 Å². The van der Waals surface area contributed by atoms with E-state index in [9.17, 15) is 29.1 Å². The molecule has 0 aromatic heterocycles. The Morgan fingerprint density at radius 3 is 1.91 bits per heavy atom. The second-order valence-corrected chi connectivity index (χ2v) is 8.14. The fraction of sp³-hybridized carbons (Fsp3) is 0.750. The number of hydrogen-bond acceptors (Lipinski definition) is 7. The number of rotatable bonds is 16. The van der Waals surface area contributed by atoms with E-state index in [-0.39, 0.29) is 25.2 Å². The van der Waals surface area contributed by atoms with E-state index in [1.807, 2.05) is 13.8 Å². The summed E-state index contributed by atoms with van der Waals surface area (Å²) in [7, 11) is 0. The lowest BCUT2D eigenvalue weighted by molar-refractivity contribution is -0.142. The molecule has 3 amide bonds. The number of unbranched alkanes of at least 4 members (excludes halogenated alkanes) is 1. The third-order valence-electron chi connectivity index (χ3n) is 4.66. The monoisotopic (exact) mass is 459 g/mol. The van der Waals surface area contributed by atoms with Gasteiger partial charge in [0, 0.05) is 6.42 Å². The predicted octanol–water partition coefficient (Wildman–Crippen LogP) is -1.09. The van der Waals surface area contributed by atoms with Gasteiger partial charge in [-0.15, -0.1) is 0 Å². The van der Waals surface area contributed by atoms with E-state index in [0.717, 1.165) is 0 Å². The first kappa shape index (κ1) is 29.3. The van der Waals surface area contributed by atoms with E-state index in [0.29, 0.717) is 25.8 Å². The third-order valence-corrected chi connectivity index (χ3v) is 4.66. The summed E-state index contributed by atoms with van der Waals surface area (Å²) in [6, 6.07) is -4.34. The highest BCUT2D eigenvalue weighted by Crippen LogP contribution is 2.06.